The lowest BCUT2D eigenvalue weighted by Crippen LogP contribution is -2.35. The molecule has 1 N–H and O–H groups in total. The Labute approximate surface area is 171 Å². The van der Waals surface area contributed by atoms with E-state index in [1.807, 2.05) is 28.9 Å². The van der Waals surface area contributed by atoms with Gasteiger partial charge in [-0.3, -0.25) is 9.48 Å². The van der Waals surface area contributed by atoms with Crippen LogP contribution in [-0.4, -0.2) is 39.2 Å². The van der Waals surface area contributed by atoms with Gasteiger partial charge in [0, 0.05) is 34.6 Å². The van der Waals surface area contributed by atoms with E-state index in [0.717, 1.165) is 21.7 Å². The van der Waals surface area contributed by atoms with Gasteiger partial charge in [0.1, 0.15) is 0 Å². The SMILES string of the molecule is CCOC(=O)c1nn(C2CC(C(=O)O)CC3(C2)OO3)c2c1CSc1ccccc1-2. The van der Waals surface area contributed by atoms with E-state index in [0.29, 0.717) is 30.7 Å². The maximum absolute atomic E-state index is 12.6. The zero-order chi connectivity index (χ0) is 20.2. The summed E-state index contributed by atoms with van der Waals surface area (Å²) in [6, 6.07) is 7.71. The van der Waals surface area contributed by atoms with Crippen LogP contribution in [-0.2, 0) is 25.1 Å². The fourth-order valence-corrected chi connectivity index (χ4v) is 5.41. The Hall–Kier alpha value is -2.36. The molecule has 1 aromatic carbocycles. The number of carbonyl (C=O) groups excluding carboxylic acids is 1. The van der Waals surface area contributed by atoms with Gasteiger partial charge in [-0.1, -0.05) is 18.2 Å². The van der Waals surface area contributed by atoms with Crippen molar-refractivity contribution < 1.29 is 29.2 Å². The molecule has 3 aliphatic rings. The Bertz CT molecular complexity index is 999. The van der Waals surface area contributed by atoms with Crippen molar-refractivity contribution in [3.8, 4) is 11.3 Å². The first-order chi connectivity index (χ1) is 14.0. The van der Waals surface area contributed by atoms with Crippen molar-refractivity contribution in [1.82, 2.24) is 9.78 Å². The molecule has 2 aliphatic heterocycles. The lowest BCUT2D eigenvalue weighted by Gasteiger charge is -2.31. The topological polar surface area (TPSA) is 106 Å². The number of aliphatic carboxylic acids is 1. The van der Waals surface area contributed by atoms with Crippen LogP contribution in [0.3, 0.4) is 0 Å². The molecule has 1 spiro atoms. The summed E-state index contributed by atoms with van der Waals surface area (Å²) >= 11 is 1.65. The Morgan fingerprint density at radius 1 is 1.34 bits per heavy atom. The molecule has 8 nitrogen and oxygen atoms in total. The number of carboxylic acids is 1. The molecule has 2 atom stereocenters. The average Bonchev–Trinajstić information content (AvgIpc) is 3.33. The van der Waals surface area contributed by atoms with Crippen molar-refractivity contribution in [2.75, 3.05) is 6.61 Å². The van der Waals surface area contributed by atoms with E-state index in [9.17, 15) is 14.7 Å². The largest absolute Gasteiger partial charge is 0.481 e. The van der Waals surface area contributed by atoms with Crippen LogP contribution in [0.1, 0.15) is 48.3 Å². The molecule has 2 unspecified atom stereocenters. The highest BCUT2D eigenvalue weighted by Gasteiger charge is 2.57. The van der Waals surface area contributed by atoms with Gasteiger partial charge < -0.3 is 9.84 Å². The van der Waals surface area contributed by atoms with E-state index in [1.165, 1.54) is 0 Å². The van der Waals surface area contributed by atoms with Gasteiger partial charge in [0.15, 0.2) is 5.69 Å². The second kappa shape index (κ2) is 6.86. The third-order valence-corrected chi connectivity index (χ3v) is 6.77. The smallest absolute Gasteiger partial charge is 0.359 e. The highest BCUT2D eigenvalue weighted by Crippen LogP contribution is 2.52. The quantitative estimate of drug-likeness (QED) is 0.459. The summed E-state index contributed by atoms with van der Waals surface area (Å²) in [6.45, 7) is 2.02. The zero-order valence-corrected chi connectivity index (χ0v) is 16.6. The number of benzene rings is 1. The number of carbonyl (C=O) groups is 2. The zero-order valence-electron chi connectivity index (χ0n) is 15.8. The average molecular weight is 416 g/mol. The number of hydrogen-bond donors (Lipinski definition) is 1. The minimum absolute atomic E-state index is 0.263. The first-order valence-corrected chi connectivity index (χ1v) is 10.6. The molecular weight excluding hydrogens is 396 g/mol. The van der Waals surface area contributed by atoms with Gasteiger partial charge in [0.05, 0.1) is 24.3 Å². The number of thioether (sulfide) groups is 1. The highest BCUT2D eigenvalue weighted by molar-refractivity contribution is 7.98. The van der Waals surface area contributed by atoms with Gasteiger partial charge in [-0.2, -0.15) is 14.9 Å². The van der Waals surface area contributed by atoms with E-state index in [4.69, 9.17) is 14.5 Å². The van der Waals surface area contributed by atoms with Gasteiger partial charge in [0.2, 0.25) is 5.79 Å². The molecule has 152 valence electrons. The van der Waals surface area contributed by atoms with Crippen LogP contribution in [0.2, 0.25) is 0 Å². The molecule has 1 saturated carbocycles. The first kappa shape index (κ1) is 18.7. The first-order valence-electron chi connectivity index (χ1n) is 9.61. The summed E-state index contributed by atoms with van der Waals surface area (Å²) in [5.41, 5.74) is 2.98. The number of aromatic nitrogens is 2. The van der Waals surface area contributed by atoms with Gasteiger partial charge >= 0.3 is 11.9 Å². The lowest BCUT2D eigenvalue weighted by molar-refractivity contribution is -0.144. The van der Waals surface area contributed by atoms with Crippen molar-refractivity contribution >= 4 is 23.7 Å². The normalized spacial score (nSPS) is 23.9. The summed E-state index contributed by atoms with van der Waals surface area (Å²) in [6.07, 6.45) is 1.21. The number of rotatable bonds is 4. The molecule has 2 aromatic rings. The monoisotopic (exact) mass is 416 g/mol. The summed E-state index contributed by atoms with van der Waals surface area (Å²) in [5, 5.41) is 14.2. The van der Waals surface area contributed by atoms with Crippen molar-refractivity contribution in [3.05, 3.63) is 35.5 Å². The molecule has 3 heterocycles. The third-order valence-electron chi connectivity index (χ3n) is 5.67. The van der Waals surface area contributed by atoms with E-state index >= 15 is 0 Å². The maximum Gasteiger partial charge on any atom is 0.359 e. The van der Waals surface area contributed by atoms with Gasteiger partial charge in [-0.05, 0) is 19.4 Å². The van der Waals surface area contributed by atoms with Gasteiger partial charge in [-0.15, -0.1) is 11.8 Å². The summed E-state index contributed by atoms with van der Waals surface area (Å²) < 4.78 is 7.04. The summed E-state index contributed by atoms with van der Waals surface area (Å²) in [7, 11) is 0. The standard InChI is InChI=1S/C20H20N2O6S/c1-2-26-19(25)16-14-10-29-15-6-4-3-5-13(15)17(14)22(21-16)12-7-11(18(23)24)8-20(9-12)27-28-20/h3-6,11-12H,2,7-10H2,1H3,(H,23,24). The van der Waals surface area contributed by atoms with Crippen LogP contribution >= 0.6 is 11.8 Å². The van der Waals surface area contributed by atoms with Crippen LogP contribution in [0.15, 0.2) is 29.2 Å². The molecule has 1 aliphatic carbocycles. The molecule has 5 rings (SSSR count). The van der Waals surface area contributed by atoms with Gasteiger partial charge in [-0.25, -0.2) is 4.79 Å². The molecule has 0 bridgehead atoms. The Kier molecular flexibility index (Phi) is 4.41. The summed E-state index contributed by atoms with van der Waals surface area (Å²) in [5.74, 6) is -2.20. The van der Waals surface area contributed by atoms with E-state index in [-0.39, 0.29) is 12.6 Å². The Balaban J connectivity index is 1.63. The number of carboxylic acid groups (broad SMARTS) is 1. The number of fused-ring (bicyclic) bond motifs is 3. The molecule has 29 heavy (non-hydrogen) atoms. The molecule has 9 heteroatoms. The number of nitrogens with zero attached hydrogens (tertiary/aromatic N) is 2. The lowest BCUT2D eigenvalue weighted by atomic mass is 9.82. The fourth-order valence-electron chi connectivity index (χ4n) is 4.34. The minimum atomic E-state index is -0.879. The minimum Gasteiger partial charge on any atom is -0.481 e. The van der Waals surface area contributed by atoms with Crippen LogP contribution < -0.4 is 0 Å². The number of hydrogen-bond acceptors (Lipinski definition) is 7. The molecule has 2 fully saturated rings. The predicted octanol–water partition coefficient (Wildman–Crippen LogP) is 3.42. The van der Waals surface area contributed by atoms with Crippen molar-refractivity contribution in [3.63, 3.8) is 0 Å². The third kappa shape index (κ3) is 3.13. The van der Waals surface area contributed by atoms with E-state index in [2.05, 4.69) is 5.10 Å². The maximum atomic E-state index is 12.6. The van der Waals surface area contributed by atoms with Crippen LogP contribution in [0.25, 0.3) is 11.3 Å². The van der Waals surface area contributed by atoms with Crippen LogP contribution in [0, 0.1) is 5.92 Å². The second-order valence-electron chi connectivity index (χ2n) is 7.54. The molecule has 0 radical (unpaired) electrons. The van der Waals surface area contributed by atoms with E-state index in [1.54, 1.807) is 18.7 Å². The molecule has 0 amide bonds. The van der Waals surface area contributed by atoms with Crippen LogP contribution in [0.5, 0.6) is 0 Å². The predicted molar refractivity (Wildman–Crippen MR) is 102 cm³/mol. The summed E-state index contributed by atoms with van der Waals surface area (Å²) in [4.78, 5) is 35.8. The molecular formula is C20H20N2O6S. The Morgan fingerprint density at radius 2 is 2.14 bits per heavy atom. The number of ether oxygens (including phenoxy) is 1. The van der Waals surface area contributed by atoms with Crippen LogP contribution in [0.4, 0.5) is 0 Å². The van der Waals surface area contributed by atoms with Crippen molar-refractivity contribution in [2.45, 2.75) is 48.7 Å². The van der Waals surface area contributed by atoms with E-state index < -0.39 is 23.6 Å². The Morgan fingerprint density at radius 3 is 2.86 bits per heavy atom. The highest BCUT2D eigenvalue weighted by atomic mass is 32.2. The van der Waals surface area contributed by atoms with Crippen molar-refractivity contribution in [1.29, 1.82) is 0 Å². The fraction of sp³-hybridized carbons (Fsp3) is 0.450. The molecule has 1 aromatic heterocycles. The van der Waals surface area contributed by atoms with Crippen molar-refractivity contribution in [2.24, 2.45) is 5.92 Å². The molecule has 1 saturated heterocycles. The number of esters is 1. The second-order valence-corrected chi connectivity index (χ2v) is 8.55. The van der Waals surface area contributed by atoms with Gasteiger partial charge in [0.25, 0.3) is 0 Å².